The van der Waals surface area contributed by atoms with Gasteiger partial charge in [-0.1, -0.05) is 0 Å². The third-order valence-corrected chi connectivity index (χ3v) is 1.68. The molecule has 5 heteroatoms. The maximum atomic E-state index is 8.25. The van der Waals surface area contributed by atoms with Gasteiger partial charge in [-0.2, -0.15) is 10.5 Å². The van der Waals surface area contributed by atoms with Gasteiger partial charge in [-0.15, -0.1) is 0 Å². The molecule has 0 heterocycles. The molecule has 0 radical (unpaired) electrons. The molecule has 0 aromatic carbocycles. The van der Waals surface area contributed by atoms with E-state index in [0.29, 0.717) is 35.8 Å². The monoisotopic (exact) mass is 212 g/mol. The van der Waals surface area contributed by atoms with Crippen molar-refractivity contribution in [3.8, 4) is 12.1 Å². The van der Waals surface area contributed by atoms with Crippen LogP contribution in [0.15, 0.2) is 0 Å². The summed E-state index contributed by atoms with van der Waals surface area (Å²) in [5.74, 6) is 0. The second-order valence-electron chi connectivity index (χ2n) is 2.16. The van der Waals surface area contributed by atoms with Gasteiger partial charge in [0, 0.05) is 25.7 Å². The largest absolute Gasteiger partial charge is 0.443 e. The number of hydrogen-bond acceptors (Lipinski definition) is 5. The van der Waals surface area contributed by atoms with Crippen LogP contribution in [-0.2, 0) is 4.74 Å². The number of thiocarbonyl (C=S) groups is 2. The highest BCUT2D eigenvalue weighted by atomic mass is 32.1. The molecule has 0 atom stereocenters. The van der Waals surface area contributed by atoms with Crippen molar-refractivity contribution in [3.05, 3.63) is 0 Å². The SMILES string of the molecule is N#CCCC(=S)OC(=S)CCC#N. The summed E-state index contributed by atoms with van der Waals surface area (Å²) in [7, 11) is 0. The van der Waals surface area contributed by atoms with E-state index in [-0.39, 0.29) is 0 Å². The third-order valence-electron chi connectivity index (χ3n) is 1.11. The van der Waals surface area contributed by atoms with Crippen LogP contribution in [0.2, 0.25) is 0 Å². The van der Waals surface area contributed by atoms with Crippen molar-refractivity contribution in [2.75, 3.05) is 0 Å². The van der Waals surface area contributed by atoms with Crippen LogP contribution in [0.5, 0.6) is 0 Å². The molecule has 0 saturated carbocycles. The summed E-state index contributed by atoms with van der Waals surface area (Å²) in [6.45, 7) is 0. The standard InChI is InChI=1S/C8H8N2OS2/c9-5-1-3-7(12)11-8(13)4-2-6-10/h1-4H2. The quantitative estimate of drug-likeness (QED) is 0.669. The Morgan fingerprint density at radius 3 is 1.69 bits per heavy atom. The summed E-state index contributed by atoms with van der Waals surface area (Å²) < 4.78 is 5.02. The lowest BCUT2D eigenvalue weighted by Crippen LogP contribution is -2.07. The topological polar surface area (TPSA) is 56.8 Å². The van der Waals surface area contributed by atoms with E-state index in [1.807, 2.05) is 12.1 Å². The highest BCUT2D eigenvalue weighted by Crippen LogP contribution is 2.00. The molecule has 0 aromatic heterocycles. The summed E-state index contributed by atoms with van der Waals surface area (Å²) in [6, 6.07) is 3.90. The third kappa shape index (κ3) is 7.32. The van der Waals surface area contributed by atoms with Gasteiger partial charge in [0.05, 0.1) is 12.1 Å². The zero-order valence-corrected chi connectivity index (χ0v) is 8.58. The minimum atomic E-state index is 0.324. The molecule has 3 nitrogen and oxygen atoms in total. The lowest BCUT2D eigenvalue weighted by molar-refractivity contribution is 0.539. The van der Waals surface area contributed by atoms with E-state index >= 15 is 0 Å². The number of nitriles is 2. The molecule has 0 amide bonds. The van der Waals surface area contributed by atoms with E-state index in [9.17, 15) is 0 Å². The lowest BCUT2D eigenvalue weighted by Gasteiger charge is -2.04. The van der Waals surface area contributed by atoms with Crippen molar-refractivity contribution < 1.29 is 4.74 Å². The molecule has 0 unspecified atom stereocenters. The molecule has 13 heavy (non-hydrogen) atoms. The van der Waals surface area contributed by atoms with Crippen LogP contribution in [0.25, 0.3) is 0 Å². The van der Waals surface area contributed by atoms with Crippen LogP contribution in [0, 0.1) is 22.7 Å². The zero-order valence-electron chi connectivity index (χ0n) is 6.95. The van der Waals surface area contributed by atoms with Gasteiger partial charge in [-0.3, -0.25) is 0 Å². The van der Waals surface area contributed by atoms with Gasteiger partial charge < -0.3 is 4.74 Å². The van der Waals surface area contributed by atoms with Gasteiger partial charge in [-0.25, -0.2) is 0 Å². The molecule has 0 aliphatic heterocycles. The number of rotatable bonds is 4. The minimum Gasteiger partial charge on any atom is -0.443 e. The average Bonchev–Trinajstić information content (AvgIpc) is 2.11. The van der Waals surface area contributed by atoms with E-state index in [2.05, 4.69) is 0 Å². The maximum Gasteiger partial charge on any atom is 0.169 e. The summed E-state index contributed by atoms with van der Waals surface area (Å²) in [4.78, 5) is 0. The van der Waals surface area contributed by atoms with E-state index in [1.54, 1.807) is 0 Å². The van der Waals surface area contributed by atoms with Crippen LogP contribution in [0.3, 0.4) is 0 Å². The van der Waals surface area contributed by atoms with E-state index in [4.69, 9.17) is 39.7 Å². The molecule has 0 saturated heterocycles. The van der Waals surface area contributed by atoms with Gasteiger partial charge in [0.15, 0.2) is 10.1 Å². The first kappa shape index (κ1) is 12.0. The van der Waals surface area contributed by atoms with Crippen LogP contribution >= 0.6 is 24.4 Å². The van der Waals surface area contributed by atoms with Gasteiger partial charge >= 0.3 is 0 Å². The van der Waals surface area contributed by atoms with Crippen LogP contribution < -0.4 is 0 Å². The van der Waals surface area contributed by atoms with Crippen molar-refractivity contribution in [3.63, 3.8) is 0 Å². The van der Waals surface area contributed by atoms with E-state index < -0.39 is 0 Å². The van der Waals surface area contributed by atoms with Crippen molar-refractivity contribution in [2.24, 2.45) is 0 Å². The molecular weight excluding hydrogens is 204 g/mol. The fourth-order valence-corrected chi connectivity index (χ4v) is 1.00. The molecule has 0 N–H and O–H groups in total. The fourth-order valence-electron chi connectivity index (χ4n) is 0.545. The maximum absolute atomic E-state index is 8.25. The first-order valence-corrected chi connectivity index (χ1v) is 4.49. The van der Waals surface area contributed by atoms with Crippen molar-refractivity contribution in [1.29, 1.82) is 10.5 Å². The summed E-state index contributed by atoms with van der Waals surface area (Å²) in [5.41, 5.74) is 0. The van der Waals surface area contributed by atoms with Crippen LogP contribution in [0.1, 0.15) is 25.7 Å². The molecule has 0 aliphatic carbocycles. The Hall–Kier alpha value is -1.04. The summed E-state index contributed by atoms with van der Waals surface area (Å²) in [5, 5.41) is 17.1. The highest BCUT2D eigenvalue weighted by molar-refractivity contribution is 7.81. The average molecular weight is 212 g/mol. The number of nitrogens with zero attached hydrogens (tertiary/aromatic N) is 2. The van der Waals surface area contributed by atoms with Gasteiger partial charge in [0.25, 0.3) is 0 Å². The fraction of sp³-hybridized carbons (Fsp3) is 0.500. The summed E-state index contributed by atoms with van der Waals surface area (Å²) >= 11 is 9.60. The molecule has 0 fully saturated rings. The Bertz CT molecular complexity index is 247. The number of hydrogen-bond donors (Lipinski definition) is 0. The Balaban J connectivity index is 3.62. The van der Waals surface area contributed by atoms with E-state index in [1.165, 1.54) is 0 Å². The van der Waals surface area contributed by atoms with Crippen molar-refractivity contribution in [1.82, 2.24) is 0 Å². The second-order valence-corrected chi connectivity index (χ2v) is 3.07. The molecule has 0 aromatic rings. The first-order valence-electron chi connectivity index (χ1n) is 3.68. The molecule has 0 rings (SSSR count). The van der Waals surface area contributed by atoms with Crippen LogP contribution in [-0.4, -0.2) is 10.1 Å². The van der Waals surface area contributed by atoms with Gasteiger partial charge in [0.2, 0.25) is 0 Å². The molecule has 0 aliphatic rings. The van der Waals surface area contributed by atoms with Gasteiger partial charge in [0.1, 0.15) is 0 Å². The van der Waals surface area contributed by atoms with Crippen molar-refractivity contribution >= 4 is 34.5 Å². The van der Waals surface area contributed by atoms with Crippen LogP contribution in [0.4, 0.5) is 0 Å². The smallest absolute Gasteiger partial charge is 0.169 e. The Morgan fingerprint density at radius 1 is 1.00 bits per heavy atom. The Kier molecular flexibility index (Phi) is 6.99. The molecular formula is C8H8N2OS2. The predicted molar refractivity (Wildman–Crippen MR) is 56.0 cm³/mol. The molecule has 0 spiro atoms. The van der Waals surface area contributed by atoms with E-state index in [0.717, 1.165) is 0 Å². The zero-order chi connectivity index (χ0) is 10.1. The second kappa shape index (κ2) is 7.60. The Labute approximate surface area is 87.9 Å². The normalized spacial score (nSPS) is 8.15. The lowest BCUT2D eigenvalue weighted by atomic mass is 10.3. The van der Waals surface area contributed by atoms with Crippen molar-refractivity contribution in [2.45, 2.75) is 25.7 Å². The molecule has 0 bridgehead atoms. The molecule has 68 valence electrons. The highest BCUT2D eigenvalue weighted by Gasteiger charge is 2.02. The summed E-state index contributed by atoms with van der Waals surface area (Å²) in [6.07, 6.45) is 1.50. The minimum absolute atomic E-state index is 0.324. The van der Waals surface area contributed by atoms with Gasteiger partial charge in [-0.05, 0) is 24.4 Å². The Morgan fingerprint density at radius 2 is 1.38 bits per heavy atom. The first-order chi connectivity index (χ1) is 6.20. The number of ether oxygens (including phenoxy) is 1. The predicted octanol–water partition coefficient (Wildman–Crippen LogP) is 2.27.